The molecule has 92 valence electrons. The van der Waals surface area contributed by atoms with Crippen molar-refractivity contribution in [2.45, 2.75) is 13.5 Å². The Bertz CT molecular complexity index is 676. The molecule has 0 aliphatic carbocycles. The second-order valence-corrected chi connectivity index (χ2v) is 7.73. The molecule has 0 aliphatic heterocycles. The largest absolute Gasteiger partial charge is 0.378 e. The molecule has 0 saturated heterocycles. The van der Waals surface area contributed by atoms with Gasteiger partial charge in [-0.3, -0.25) is 0 Å². The number of hydrogen-bond donors (Lipinski definition) is 1. The van der Waals surface area contributed by atoms with Crippen molar-refractivity contribution in [2.24, 2.45) is 0 Å². The quantitative estimate of drug-likeness (QED) is 0.682. The maximum atomic E-state index is 4.23. The fourth-order valence-electron chi connectivity index (χ4n) is 1.71. The van der Waals surface area contributed by atoms with Gasteiger partial charge in [0.2, 0.25) is 0 Å². The first-order valence-corrected chi connectivity index (χ1v) is 8.19. The molecular weight excluding hydrogens is 377 g/mol. The molecular formula is C12H10IN3S2. The van der Waals surface area contributed by atoms with Crippen LogP contribution in [0.1, 0.15) is 10.4 Å². The molecule has 3 nitrogen and oxygen atoms in total. The van der Waals surface area contributed by atoms with Crippen LogP contribution in [0.25, 0.3) is 10.2 Å². The summed E-state index contributed by atoms with van der Waals surface area (Å²) in [6.45, 7) is 2.93. The highest BCUT2D eigenvalue weighted by Gasteiger charge is 2.11. The molecule has 0 spiro atoms. The van der Waals surface area contributed by atoms with Gasteiger partial charge in [0.25, 0.3) is 0 Å². The third kappa shape index (κ3) is 2.24. The topological polar surface area (TPSA) is 37.8 Å². The maximum absolute atomic E-state index is 4.23. The molecule has 3 rings (SSSR count). The first-order chi connectivity index (χ1) is 8.75. The van der Waals surface area contributed by atoms with Crippen LogP contribution in [-0.2, 0) is 6.54 Å². The van der Waals surface area contributed by atoms with E-state index in [0.29, 0.717) is 0 Å². The number of hydrogen-bond acceptors (Lipinski definition) is 5. The predicted octanol–water partition coefficient (Wildman–Crippen LogP) is 4.28. The van der Waals surface area contributed by atoms with Gasteiger partial charge in [-0.05, 0) is 41.0 Å². The van der Waals surface area contributed by atoms with Crippen LogP contribution < -0.4 is 5.32 Å². The summed E-state index contributed by atoms with van der Waals surface area (Å²) in [6.07, 6.45) is 1.81. The van der Waals surface area contributed by atoms with Gasteiger partial charge in [0.1, 0.15) is 5.52 Å². The lowest BCUT2D eigenvalue weighted by Gasteiger charge is -2.04. The summed E-state index contributed by atoms with van der Waals surface area (Å²) in [5.74, 6) is 0. The third-order valence-electron chi connectivity index (χ3n) is 2.68. The zero-order valence-electron chi connectivity index (χ0n) is 9.61. The predicted molar refractivity (Wildman–Crippen MR) is 86.5 cm³/mol. The number of aromatic nitrogens is 2. The van der Waals surface area contributed by atoms with Gasteiger partial charge in [-0.2, -0.15) is 5.10 Å². The van der Waals surface area contributed by atoms with E-state index in [9.17, 15) is 0 Å². The molecule has 0 unspecified atom stereocenters. The Balaban J connectivity index is 1.94. The normalized spacial score (nSPS) is 11.0. The van der Waals surface area contributed by atoms with Gasteiger partial charge in [-0.25, -0.2) is 0 Å². The van der Waals surface area contributed by atoms with Gasteiger partial charge in [0, 0.05) is 17.0 Å². The van der Waals surface area contributed by atoms with Crippen molar-refractivity contribution >= 4 is 61.2 Å². The Kier molecular flexibility index (Phi) is 3.49. The summed E-state index contributed by atoms with van der Waals surface area (Å²) in [4.78, 5) is 1.32. The standard InChI is InChI=1S/C12H10IN3S2/c1-7-10-11(18-12(7)13)9(6-15-16-10)14-5-8-3-2-4-17-8/h2-4,6H,5H2,1H3,(H,14,16). The summed E-state index contributed by atoms with van der Waals surface area (Å²) >= 11 is 5.89. The Hall–Kier alpha value is -0.730. The van der Waals surface area contributed by atoms with Crippen LogP contribution in [0.2, 0.25) is 0 Å². The van der Waals surface area contributed by atoms with Crippen LogP contribution in [0, 0.1) is 9.81 Å². The lowest BCUT2D eigenvalue weighted by Crippen LogP contribution is -1.98. The van der Waals surface area contributed by atoms with Crippen molar-refractivity contribution in [1.29, 1.82) is 0 Å². The van der Waals surface area contributed by atoms with E-state index in [0.717, 1.165) is 17.7 Å². The maximum Gasteiger partial charge on any atom is 0.110 e. The molecule has 1 N–H and O–H groups in total. The van der Waals surface area contributed by atoms with Crippen LogP contribution in [0.3, 0.4) is 0 Å². The third-order valence-corrected chi connectivity index (χ3v) is 6.13. The molecule has 0 saturated carbocycles. The molecule has 0 bridgehead atoms. The fraction of sp³-hybridized carbons (Fsp3) is 0.167. The van der Waals surface area contributed by atoms with Crippen molar-refractivity contribution < 1.29 is 0 Å². The number of nitrogens with one attached hydrogen (secondary N) is 1. The van der Waals surface area contributed by atoms with Gasteiger partial charge in [0.05, 0.1) is 19.5 Å². The summed E-state index contributed by atoms with van der Waals surface area (Å²) in [6, 6.07) is 4.20. The van der Waals surface area contributed by atoms with Crippen molar-refractivity contribution in [3.63, 3.8) is 0 Å². The summed E-state index contributed by atoms with van der Waals surface area (Å²) in [5.41, 5.74) is 3.31. The Labute approximate surface area is 126 Å². The Morgan fingerprint density at radius 2 is 2.33 bits per heavy atom. The number of fused-ring (bicyclic) bond motifs is 1. The highest BCUT2D eigenvalue weighted by molar-refractivity contribution is 14.1. The zero-order chi connectivity index (χ0) is 12.5. The molecule has 18 heavy (non-hydrogen) atoms. The lowest BCUT2D eigenvalue weighted by atomic mass is 10.3. The van der Waals surface area contributed by atoms with E-state index >= 15 is 0 Å². The van der Waals surface area contributed by atoms with Crippen LogP contribution in [0.5, 0.6) is 0 Å². The van der Waals surface area contributed by atoms with Crippen molar-refractivity contribution in [2.75, 3.05) is 5.32 Å². The van der Waals surface area contributed by atoms with Gasteiger partial charge in [-0.1, -0.05) is 6.07 Å². The molecule has 3 heterocycles. The molecule has 6 heteroatoms. The number of aryl methyl sites for hydroxylation is 1. The fourth-order valence-corrected chi connectivity index (χ4v) is 4.22. The van der Waals surface area contributed by atoms with E-state index in [4.69, 9.17) is 0 Å². The minimum absolute atomic E-state index is 0.839. The summed E-state index contributed by atoms with van der Waals surface area (Å²) in [7, 11) is 0. The number of anilines is 1. The van der Waals surface area contributed by atoms with Gasteiger partial charge in [-0.15, -0.1) is 27.8 Å². The monoisotopic (exact) mass is 387 g/mol. The minimum Gasteiger partial charge on any atom is -0.378 e. The highest BCUT2D eigenvalue weighted by atomic mass is 127. The average Bonchev–Trinajstić information content (AvgIpc) is 2.98. The first kappa shape index (κ1) is 12.3. The van der Waals surface area contributed by atoms with Crippen molar-refractivity contribution in [3.8, 4) is 0 Å². The van der Waals surface area contributed by atoms with Crippen LogP contribution in [-0.4, -0.2) is 10.2 Å². The number of halogens is 1. The second kappa shape index (κ2) is 5.10. The Morgan fingerprint density at radius 1 is 1.44 bits per heavy atom. The highest BCUT2D eigenvalue weighted by Crippen LogP contribution is 2.34. The Morgan fingerprint density at radius 3 is 3.11 bits per heavy atom. The minimum atomic E-state index is 0.839. The summed E-state index contributed by atoms with van der Waals surface area (Å²) in [5, 5.41) is 13.8. The smallest absolute Gasteiger partial charge is 0.110 e. The molecule has 0 atom stereocenters. The molecule has 0 aromatic carbocycles. The van der Waals surface area contributed by atoms with Gasteiger partial charge < -0.3 is 5.32 Å². The van der Waals surface area contributed by atoms with Crippen molar-refractivity contribution in [3.05, 3.63) is 37.0 Å². The van der Waals surface area contributed by atoms with Crippen LogP contribution >= 0.6 is 45.3 Å². The zero-order valence-corrected chi connectivity index (χ0v) is 13.4. The summed E-state index contributed by atoms with van der Waals surface area (Å²) < 4.78 is 2.48. The lowest BCUT2D eigenvalue weighted by molar-refractivity contribution is 1.06. The van der Waals surface area contributed by atoms with Gasteiger partial charge >= 0.3 is 0 Å². The van der Waals surface area contributed by atoms with Crippen LogP contribution in [0.4, 0.5) is 5.69 Å². The van der Waals surface area contributed by atoms with E-state index in [1.807, 2.05) is 6.20 Å². The molecule has 0 radical (unpaired) electrons. The molecule has 0 aliphatic rings. The number of rotatable bonds is 3. The average molecular weight is 387 g/mol. The SMILES string of the molecule is Cc1c(I)sc2c(NCc3cccs3)cnnc12. The van der Waals surface area contributed by atoms with Gasteiger partial charge in [0.15, 0.2) is 0 Å². The number of thiophene rings is 2. The van der Waals surface area contributed by atoms with Crippen molar-refractivity contribution in [1.82, 2.24) is 10.2 Å². The van der Waals surface area contributed by atoms with E-state index in [-0.39, 0.29) is 0 Å². The van der Waals surface area contributed by atoms with Crippen LogP contribution in [0.15, 0.2) is 23.7 Å². The van der Waals surface area contributed by atoms with E-state index in [1.165, 1.54) is 18.0 Å². The van der Waals surface area contributed by atoms with E-state index in [1.54, 1.807) is 22.7 Å². The number of nitrogens with zero attached hydrogens (tertiary/aromatic N) is 2. The van der Waals surface area contributed by atoms with E-state index in [2.05, 4.69) is 62.5 Å². The van der Waals surface area contributed by atoms with E-state index < -0.39 is 0 Å². The molecule has 3 aromatic heterocycles. The molecule has 3 aromatic rings. The first-order valence-electron chi connectivity index (χ1n) is 5.42. The second-order valence-electron chi connectivity index (χ2n) is 3.87. The molecule has 0 amide bonds. The molecule has 0 fully saturated rings.